The lowest BCUT2D eigenvalue weighted by molar-refractivity contribution is -0.115. The number of amides is 1. The fourth-order valence-electron chi connectivity index (χ4n) is 2.10. The molecule has 128 valence electrons. The number of nitrogens with zero attached hydrogens (tertiary/aromatic N) is 2. The first-order chi connectivity index (χ1) is 12.2. The zero-order valence-corrected chi connectivity index (χ0v) is 14.6. The van der Waals surface area contributed by atoms with Gasteiger partial charge in [0.2, 0.25) is 11.8 Å². The van der Waals surface area contributed by atoms with Crippen LogP contribution in [0.1, 0.15) is 6.92 Å². The SMILES string of the molecule is COc1cccc(NC(=O)[C@H](C)Sc2nnc(-c3ccccc3)o2)c1. The minimum atomic E-state index is -0.393. The van der Waals surface area contributed by atoms with E-state index in [4.69, 9.17) is 9.15 Å². The van der Waals surface area contributed by atoms with Crippen molar-refractivity contribution in [2.75, 3.05) is 12.4 Å². The van der Waals surface area contributed by atoms with Crippen molar-refractivity contribution in [1.29, 1.82) is 0 Å². The first kappa shape index (κ1) is 17.0. The monoisotopic (exact) mass is 355 g/mol. The number of ether oxygens (including phenoxy) is 1. The van der Waals surface area contributed by atoms with E-state index in [9.17, 15) is 4.79 Å². The summed E-state index contributed by atoms with van der Waals surface area (Å²) in [5.74, 6) is 0.962. The number of anilines is 1. The summed E-state index contributed by atoms with van der Waals surface area (Å²) in [5.41, 5.74) is 1.52. The van der Waals surface area contributed by atoms with Crippen LogP contribution in [0.5, 0.6) is 5.75 Å². The van der Waals surface area contributed by atoms with Crippen molar-refractivity contribution in [1.82, 2.24) is 10.2 Å². The summed E-state index contributed by atoms with van der Waals surface area (Å²) in [5, 5.41) is 10.8. The van der Waals surface area contributed by atoms with Crippen LogP contribution in [0.15, 0.2) is 64.2 Å². The zero-order valence-electron chi connectivity index (χ0n) is 13.8. The van der Waals surface area contributed by atoms with Gasteiger partial charge in [0.25, 0.3) is 5.22 Å². The number of hydrogen-bond acceptors (Lipinski definition) is 6. The molecule has 0 saturated carbocycles. The van der Waals surface area contributed by atoms with Crippen molar-refractivity contribution in [3.8, 4) is 17.2 Å². The third kappa shape index (κ3) is 4.39. The van der Waals surface area contributed by atoms with E-state index in [1.165, 1.54) is 11.8 Å². The molecule has 2 aromatic carbocycles. The average molecular weight is 355 g/mol. The van der Waals surface area contributed by atoms with Crippen LogP contribution in [0.25, 0.3) is 11.5 Å². The van der Waals surface area contributed by atoms with Crippen molar-refractivity contribution >= 4 is 23.4 Å². The number of hydrogen-bond donors (Lipinski definition) is 1. The van der Waals surface area contributed by atoms with E-state index in [1.54, 1.807) is 26.2 Å². The molecule has 0 aliphatic carbocycles. The molecule has 1 heterocycles. The average Bonchev–Trinajstić information content (AvgIpc) is 3.11. The highest BCUT2D eigenvalue weighted by Gasteiger charge is 2.19. The molecule has 7 heteroatoms. The maximum atomic E-state index is 12.3. The lowest BCUT2D eigenvalue weighted by Crippen LogP contribution is -2.22. The van der Waals surface area contributed by atoms with Crippen LogP contribution < -0.4 is 10.1 Å². The van der Waals surface area contributed by atoms with E-state index in [-0.39, 0.29) is 5.91 Å². The molecule has 3 aromatic rings. The van der Waals surface area contributed by atoms with Gasteiger partial charge in [-0.2, -0.15) is 0 Å². The first-order valence-electron chi connectivity index (χ1n) is 7.66. The van der Waals surface area contributed by atoms with Crippen molar-refractivity contribution in [2.24, 2.45) is 0 Å². The minimum absolute atomic E-state index is 0.155. The number of nitrogens with one attached hydrogen (secondary N) is 1. The van der Waals surface area contributed by atoms with Crippen LogP contribution in [0.2, 0.25) is 0 Å². The fourth-order valence-corrected chi connectivity index (χ4v) is 2.79. The zero-order chi connectivity index (χ0) is 17.6. The van der Waals surface area contributed by atoms with Crippen LogP contribution in [0.4, 0.5) is 5.69 Å². The lowest BCUT2D eigenvalue weighted by atomic mass is 10.2. The topological polar surface area (TPSA) is 77.2 Å². The van der Waals surface area contributed by atoms with E-state index in [0.29, 0.717) is 22.6 Å². The number of thioether (sulfide) groups is 1. The van der Waals surface area contributed by atoms with Crippen LogP contribution in [-0.4, -0.2) is 28.5 Å². The number of rotatable bonds is 6. The highest BCUT2D eigenvalue weighted by Crippen LogP contribution is 2.27. The predicted octanol–water partition coefficient (Wildman–Crippen LogP) is 3.86. The van der Waals surface area contributed by atoms with Crippen LogP contribution in [0.3, 0.4) is 0 Å². The lowest BCUT2D eigenvalue weighted by Gasteiger charge is -2.10. The van der Waals surface area contributed by atoms with Crippen LogP contribution in [-0.2, 0) is 4.79 Å². The fraction of sp³-hybridized carbons (Fsp3) is 0.167. The number of benzene rings is 2. The molecule has 0 spiro atoms. The van der Waals surface area contributed by atoms with E-state index >= 15 is 0 Å². The number of methoxy groups -OCH3 is 1. The molecule has 0 saturated heterocycles. The van der Waals surface area contributed by atoms with Crippen molar-refractivity contribution < 1.29 is 13.9 Å². The molecule has 25 heavy (non-hydrogen) atoms. The number of carbonyl (C=O) groups excluding carboxylic acids is 1. The Morgan fingerprint density at radius 3 is 2.72 bits per heavy atom. The van der Waals surface area contributed by atoms with Gasteiger partial charge in [-0.05, 0) is 31.2 Å². The summed E-state index contributed by atoms with van der Waals surface area (Å²) in [7, 11) is 1.58. The first-order valence-corrected chi connectivity index (χ1v) is 8.54. The van der Waals surface area contributed by atoms with Gasteiger partial charge < -0.3 is 14.5 Å². The maximum absolute atomic E-state index is 12.3. The molecule has 3 rings (SSSR count). The second-order valence-electron chi connectivity index (χ2n) is 5.22. The Morgan fingerprint density at radius 2 is 1.96 bits per heavy atom. The van der Waals surface area contributed by atoms with Crippen molar-refractivity contribution in [2.45, 2.75) is 17.4 Å². The molecule has 0 unspecified atom stereocenters. The van der Waals surface area contributed by atoms with Gasteiger partial charge in [0.15, 0.2) is 0 Å². The Morgan fingerprint density at radius 1 is 1.16 bits per heavy atom. The molecular weight excluding hydrogens is 338 g/mol. The van der Waals surface area contributed by atoms with Gasteiger partial charge in [-0.3, -0.25) is 4.79 Å². The Kier molecular flexibility index (Phi) is 5.35. The Bertz CT molecular complexity index is 852. The maximum Gasteiger partial charge on any atom is 0.277 e. The Hall–Kier alpha value is -2.80. The summed E-state index contributed by atoms with van der Waals surface area (Å²) >= 11 is 1.21. The van der Waals surface area contributed by atoms with Gasteiger partial charge in [-0.1, -0.05) is 36.0 Å². The summed E-state index contributed by atoms with van der Waals surface area (Å²) in [4.78, 5) is 12.3. The smallest absolute Gasteiger partial charge is 0.277 e. The third-order valence-corrected chi connectivity index (χ3v) is 4.35. The second-order valence-corrected chi connectivity index (χ2v) is 6.51. The van der Waals surface area contributed by atoms with Crippen molar-refractivity contribution in [3.63, 3.8) is 0 Å². The number of carbonyl (C=O) groups is 1. The van der Waals surface area contributed by atoms with E-state index in [0.717, 1.165) is 5.56 Å². The third-order valence-electron chi connectivity index (χ3n) is 3.41. The normalized spacial score (nSPS) is 11.8. The van der Waals surface area contributed by atoms with E-state index in [2.05, 4.69) is 15.5 Å². The highest BCUT2D eigenvalue weighted by atomic mass is 32.2. The van der Waals surface area contributed by atoms with Gasteiger partial charge in [-0.25, -0.2) is 0 Å². The summed E-state index contributed by atoms with van der Waals surface area (Å²) in [6.07, 6.45) is 0. The summed E-state index contributed by atoms with van der Waals surface area (Å²) in [6, 6.07) is 16.7. The second kappa shape index (κ2) is 7.85. The largest absolute Gasteiger partial charge is 0.497 e. The molecule has 1 amide bonds. The van der Waals surface area contributed by atoms with Gasteiger partial charge in [0, 0.05) is 17.3 Å². The molecule has 0 fully saturated rings. The standard InChI is InChI=1S/C18H17N3O3S/c1-12(16(22)19-14-9-6-10-15(11-14)23-2)25-18-21-20-17(24-18)13-7-4-3-5-8-13/h3-12H,1-2H3,(H,19,22)/t12-/m0/s1. The molecular formula is C18H17N3O3S. The summed E-state index contributed by atoms with van der Waals surface area (Å²) < 4.78 is 10.8. The highest BCUT2D eigenvalue weighted by molar-refractivity contribution is 8.00. The summed E-state index contributed by atoms with van der Waals surface area (Å²) in [6.45, 7) is 1.78. The Balaban J connectivity index is 1.62. The quantitative estimate of drug-likeness (QED) is 0.677. The molecule has 6 nitrogen and oxygen atoms in total. The van der Waals surface area contributed by atoms with Crippen LogP contribution >= 0.6 is 11.8 Å². The van der Waals surface area contributed by atoms with Crippen LogP contribution in [0, 0.1) is 0 Å². The molecule has 1 aromatic heterocycles. The molecule has 1 N–H and O–H groups in total. The predicted molar refractivity (Wildman–Crippen MR) is 96.7 cm³/mol. The molecule has 0 aliphatic rings. The van der Waals surface area contributed by atoms with Gasteiger partial charge in [0.05, 0.1) is 12.4 Å². The minimum Gasteiger partial charge on any atom is -0.497 e. The van der Waals surface area contributed by atoms with Crippen molar-refractivity contribution in [3.05, 3.63) is 54.6 Å². The number of aromatic nitrogens is 2. The van der Waals surface area contributed by atoms with Gasteiger partial charge in [0.1, 0.15) is 5.75 Å². The Labute approximate surface area is 149 Å². The molecule has 0 aliphatic heterocycles. The van der Waals surface area contributed by atoms with Gasteiger partial charge in [-0.15, -0.1) is 10.2 Å². The van der Waals surface area contributed by atoms with E-state index < -0.39 is 5.25 Å². The molecule has 1 atom stereocenters. The molecule has 0 bridgehead atoms. The van der Waals surface area contributed by atoms with E-state index in [1.807, 2.05) is 42.5 Å². The molecule has 0 radical (unpaired) electrons. The van der Waals surface area contributed by atoms with Gasteiger partial charge >= 0.3 is 0 Å².